The molecule has 0 spiro atoms. The smallest absolute Gasteiger partial charge is 0.261 e. The number of rotatable bonds is 8. The van der Waals surface area contributed by atoms with Gasteiger partial charge in [0.15, 0.2) is 11.5 Å². The lowest BCUT2D eigenvalue weighted by molar-refractivity contribution is 0.0667. The second-order valence-corrected chi connectivity index (χ2v) is 7.59. The lowest BCUT2D eigenvalue weighted by Gasteiger charge is -2.16. The van der Waals surface area contributed by atoms with Crippen LogP contribution < -0.4 is 5.32 Å². The maximum absolute atomic E-state index is 13.5. The van der Waals surface area contributed by atoms with Crippen LogP contribution in [0, 0.1) is 0 Å². The molecule has 0 bridgehead atoms. The number of fused-ring (bicyclic) bond motifs is 2. The zero-order valence-electron chi connectivity index (χ0n) is 17.6. The summed E-state index contributed by atoms with van der Waals surface area (Å²) in [5.41, 5.74) is 2.19. The molecule has 1 N–H and O–H groups in total. The van der Waals surface area contributed by atoms with Gasteiger partial charge in [-0.05, 0) is 42.3 Å². The number of carbonyl (C=O) groups is 3. The SMILES string of the molecule is CCCCc1nc2ccc(C(=O)NCC(=CF)CN3C(=O)c4ccccc4C3=O)cc2o1. The lowest BCUT2D eigenvalue weighted by Crippen LogP contribution is -2.35. The Labute approximate surface area is 183 Å². The van der Waals surface area contributed by atoms with Crippen molar-refractivity contribution in [3.63, 3.8) is 0 Å². The predicted octanol–water partition coefficient (Wildman–Crippen LogP) is 4.05. The highest BCUT2D eigenvalue weighted by atomic mass is 19.1. The van der Waals surface area contributed by atoms with E-state index in [0.29, 0.717) is 40.0 Å². The van der Waals surface area contributed by atoms with Crippen LogP contribution in [0.3, 0.4) is 0 Å². The summed E-state index contributed by atoms with van der Waals surface area (Å²) >= 11 is 0. The molecule has 3 aromatic rings. The van der Waals surface area contributed by atoms with E-state index in [4.69, 9.17) is 4.42 Å². The summed E-state index contributed by atoms with van der Waals surface area (Å²) in [6.45, 7) is 1.68. The summed E-state index contributed by atoms with van der Waals surface area (Å²) in [6.07, 6.45) is 3.03. The molecule has 1 aromatic heterocycles. The van der Waals surface area contributed by atoms with Gasteiger partial charge in [0.25, 0.3) is 17.7 Å². The monoisotopic (exact) mass is 435 g/mol. The molecule has 3 amide bonds. The first kappa shape index (κ1) is 21.4. The van der Waals surface area contributed by atoms with E-state index < -0.39 is 17.7 Å². The Morgan fingerprint density at radius 1 is 1.16 bits per heavy atom. The van der Waals surface area contributed by atoms with E-state index in [0.717, 1.165) is 24.2 Å². The predicted molar refractivity (Wildman–Crippen MR) is 116 cm³/mol. The van der Waals surface area contributed by atoms with Crippen molar-refractivity contribution in [2.24, 2.45) is 0 Å². The molecule has 8 heteroatoms. The zero-order chi connectivity index (χ0) is 22.7. The summed E-state index contributed by atoms with van der Waals surface area (Å²) in [4.78, 5) is 42.9. The highest BCUT2D eigenvalue weighted by molar-refractivity contribution is 6.21. The second-order valence-electron chi connectivity index (χ2n) is 7.59. The average Bonchev–Trinajstić information content (AvgIpc) is 3.33. The fourth-order valence-electron chi connectivity index (χ4n) is 3.56. The van der Waals surface area contributed by atoms with Crippen molar-refractivity contribution in [1.29, 1.82) is 0 Å². The Morgan fingerprint density at radius 2 is 1.88 bits per heavy atom. The Kier molecular flexibility index (Phi) is 6.11. The van der Waals surface area contributed by atoms with Crippen LogP contribution in [0.1, 0.15) is 56.7 Å². The van der Waals surface area contributed by atoms with E-state index in [9.17, 15) is 18.8 Å². The van der Waals surface area contributed by atoms with Gasteiger partial charge in [-0.1, -0.05) is 25.5 Å². The average molecular weight is 435 g/mol. The molecule has 1 aliphatic heterocycles. The molecule has 0 atom stereocenters. The van der Waals surface area contributed by atoms with Crippen molar-refractivity contribution in [3.8, 4) is 0 Å². The first-order chi connectivity index (χ1) is 15.5. The molecule has 0 radical (unpaired) electrons. The Bertz CT molecular complexity index is 1200. The van der Waals surface area contributed by atoms with E-state index in [1.165, 1.54) is 0 Å². The molecule has 4 rings (SSSR count). The van der Waals surface area contributed by atoms with Gasteiger partial charge < -0.3 is 9.73 Å². The van der Waals surface area contributed by atoms with Crippen LogP contribution in [0.2, 0.25) is 0 Å². The first-order valence-corrected chi connectivity index (χ1v) is 10.4. The number of halogens is 1. The van der Waals surface area contributed by atoms with Crippen LogP contribution in [0.4, 0.5) is 4.39 Å². The first-order valence-electron chi connectivity index (χ1n) is 10.4. The molecular formula is C24H22FN3O4. The number of imide groups is 1. The number of nitrogens with zero attached hydrogens (tertiary/aromatic N) is 2. The lowest BCUT2D eigenvalue weighted by atomic mass is 10.1. The quantitative estimate of drug-likeness (QED) is 0.539. The Balaban J connectivity index is 1.39. The minimum atomic E-state index is -0.481. The number of aryl methyl sites for hydroxylation is 1. The minimum Gasteiger partial charge on any atom is -0.441 e. The number of hydrogen-bond donors (Lipinski definition) is 1. The highest BCUT2D eigenvalue weighted by Crippen LogP contribution is 2.23. The molecule has 1 aliphatic rings. The van der Waals surface area contributed by atoms with Crippen molar-refractivity contribution in [1.82, 2.24) is 15.2 Å². The van der Waals surface area contributed by atoms with Gasteiger partial charge in [0, 0.05) is 18.5 Å². The van der Waals surface area contributed by atoms with Crippen molar-refractivity contribution >= 4 is 28.8 Å². The zero-order valence-corrected chi connectivity index (χ0v) is 17.6. The molecule has 0 saturated carbocycles. The van der Waals surface area contributed by atoms with Crippen LogP contribution >= 0.6 is 0 Å². The van der Waals surface area contributed by atoms with Crippen molar-refractivity contribution in [2.75, 3.05) is 13.1 Å². The Morgan fingerprint density at radius 3 is 2.53 bits per heavy atom. The molecule has 0 fully saturated rings. The van der Waals surface area contributed by atoms with Gasteiger partial charge >= 0.3 is 0 Å². The summed E-state index contributed by atoms with van der Waals surface area (Å²) in [7, 11) is 0. The molecule has 2 aromatic carbocycles. The van der Waals surface area contributed by atoms with E-state index in [-0.39, 0.29) is 18.7 Å². The third kappa shape index (κ3) is 4.16. The van der Waals surface area contributed by atoms with Gasteiger partial charge in [-0.15, -0.1) is 0 Å². The third-order valence-corrected chi connectivity index (χ3v) is 5.31. The van der Waals surface area contributed by atoms with Gasteiger partial charge in [-0.25, -0.2) is 9.37 Å². The summed E-state index contributed by atoms with van der Waals surface area (Å²) < 4.78 is 19.2. The van der Waals surface area contributed by atoms with E-state index >= 15 is 0 Å². The molecule has 0 saturated heterocycles. The largest absolute Gasteiger partial charge is 0.441 e. The molecule has 164 valence electrons. The number of unbranched alkanes of at least 4 members (excludes halogenated alkanes) is 1. The summed E-state index contributed by atoms with van der Waals surface area (Å²) in [5, 5.41) is 2.62. The van der Waals surface area contributed by atoms with Gasteiger partial charge in [-0.2, -0.15) is 0 Å². The second kappa shape index (κ2) is 9.13. The number of oxazole rings is 1. The van der Waals surface area contributed by atoms with Gasteiger partial charge in [-0.3, -0.25) is 19.3 Å². The fraction of sp³-hybridized carbons (Fsp3) is 0.250. The molecular weight excluding hydrogens is 413 g/mol. The van der Waals surface area contributed by atoms with Gasteiger partial charge in [0.05, 0.1) is 24.0 Å². The highest BCUT2D eigenvalue weighted by Gasteiger charge is 2.35. The van der Waals surface area contributed by atoms with E-state index in [2.05, 4.69) is 17.2 Å². The number of aromatic nitrogens is 1. The molecule has 7 nitrogen and oxygen atoms in total. The van der Waals surface area contributed by atoms with Crippen molar-refractivity contribution < 1.29 is 23.2 Å². The summed E-state index contributed by atoms with van der Waals surface area (Å²) in [5.74, 6) is -0.764. The van der Waals surface area contributed by atoms with E-state index in [1.807, 2.05) is 0 Å². The normalized spacial score (nSPS) is 13.7. The number of carbonyl (C=O) groups excluding carboxylic acids is 3. The topological polar surface area (TPSA) is 92.5 Å². The molecule has 0 aliphatic carbocycles. The van der Waals surface area contributed by atoms with Crippen LogP contribution in [-0.2, 0) is 6.42 Å². The van der Waals surface area contributed by atoms with E-state index in [1.54, 1.807) is 42.5 Å². The van der Waals surface area contributed by atoms with Crippen LogP contribution in [-0.4, -0.2) is 40.7 Å². The summed E-state index contributed by atoms with van der Waals surface area (Å²) in [6, 6.07) is 11.4. The molecule has 32 heavy (non-hydrogen) atoms. The maximum Gasteiger partial charge on any atom is 0.261 e. The third-order valence-electron chi connectivity index (χ3n) is 5.31. The number of hydrogen-bond acceptors (Lipinski definition) is 5. The maximum atomic E-state index is 13.5. The van der Waals surface area contributed by atoms with Crippen LogP contribution in [0.25, 0.3) is 11.1 Å². The fourth-order valence-corrected chi connectivity index (χ4v) is 3.56. The number of amides is 3. The van der Waals surface area contributed by atoms with Crippen molar-refractivity contribution in [2.45, 2.75) is 26.2 Å². The van der Waals surface area contributed by atoms with Gasteiger partial charge in [0.1, 0.15) is 5.52 Å². The number of benzene rings is 2. The molecule has 0 unspecified atom stereocenters. The Hall–Kier alpha value is -3.81. The van der Waals surface area contributed by atoms with Crippen LogP contribution in [0.5, 0.6) is 0 Å². The van der Waals surface area contributed by atoms with Crippen molar-refractivity contribution in [3.05, 3.63) is 76.9 Å². The molecule has 2 heterocycles. The number of nitrogens with one attached hydrogen (secondary N) is 1. The standard InChI is InChI=1S/C24H22FN3O4/c1-2-3-8-21-27-19-10-9-16(11-20(19)32-21)22(29)26-13-15(12-25)14-28-23(30)17-6-4-5-7-18(17)24(28)31/h4-7,9-12H,2-3,8,13-14H2,1H3,(H,26,29). The minimum absolute atomic E-state index is 0.0930. The van der Waals surface area contributed by atoms with Crippen LogP contribution in [0.15, 0.2) is 58.8 Å². The van der Waals surface area contributed by atoms with Gasteiger partial charge in [0.2, 0.25) is 0 Å².